The van der Waals surface area contributed by atoms with Crippen molar-refractivity contribution in [1.29, 1.82) is 0 Å². The van der Waals surface area contributed by atoms with Crippen LogP contribution in [-0.4, -0.2) is 9.13 Å². The molecular weight excluding hydrogens is 196 g/mol. The largest absolute Gasteiger partial charge is 0.324 e. The van der Waals surface area contributed by atoms with Gasteiger partial charge in [-0.3, -0.25) is 0 Å². The van der Waals surface area contributed by atoms with Crippen LogP contribution in [0.3, 0.4) is 0 Å². The molecule has 0 aliphatic rings. The van der Waals surface area contributed by atoms with E-state index < -0.39 is 0 Å². The minimum atomic E-state index is 1.26. The first-order valence-electron chi connectivity index (χ1n) is 5.57. The summed E-state index contributed by atoms with van der Waals surface area (Å²) < 4.78 is 4.39. The fourth-order valence-electron chi connectivity index (χ4n) is 1.96. The number of rotatable bonds is 2. The molecule has 0 aromatic carbocycles. The van der Waals surface area contributed by atoms with Crippen molar-refractivity contribution in [3.8, 4) is 0 Å². The van der Waals surface area contributed by atoms with Gasteiger partial charge in [-0.1, -0.05) is 0 Å². The highest BCUT2D eigenvalue weighted by Crippen LogP contribution is 2.11. The summed E-state index contributed by atoms with van der Waals surface area (Å²) in [7, 11) is 0. The monoisotopic (exact) mass is 214 g/mol. The van der Waals surface area contributed by atoms with E-state index in [9.17, 15) is 0 Å². The molecule has 0 aliphatic carbocycles. The van der Waals surface area contributed by atoms with Gasteiger partial charge in [0, 0.05) is 35.2 Å². The summed E-state index contributed by atoms with van der Waals surface area (Å²) in [4.78, 5) is 0. The van der Waals surface area contributed by atoms with Crippen molar-refractivity contribution < 1.29 is 0 Å². The Hall–Kier alpha value is -1.70. The molecule has 84 valence electrons. The van der Waals surface area contributed by atoms with Crippen molar-refractivity contribution in [2.45, 2.75) is 27.7 Å². The van der Waals surface area contributed by atoms with Gasteiger partial charge in [0.1, 0.15) is 0 Å². The third kappa shape index (κ3) is 1.83. The molecule has 0 atom stereocenters. The maximum atomic E-state index is 2.19. The summed E-state index contributed by atoms with van der Waals surface area (Å²) in [5.74, 6) is 0. The topological polar surface area (TPSA) is 9.86 Å². The summed E-state index contributed by atoms with van der Waals surface area (Å²) in [6.07, 6.45) is 4.23. The molecular formula is C14H18N2. The lowest BCUT2D eigenvalue weighted by molar-refractivity contribution is 0.997. The van der Waals surface area contributed by atoms with Gasteiger partial charge >= 0.3 is 0 Å². The molecule has 0 N–H and O–H groups in total. The molecule has 0 unspecified atom stereocenters. The Morgan fingerprint density at radius 1 is 0.625 bits per heavy atom. The van der Waals surface area contributed by atoms with Gasteiger partial charge in [-0.05, 0) is 52.0 Å². The highest BCUT2D eigenvalue weighted by Gasteiger charge is 1.98. The van der Waals surface area contributed by atoms with E-state index in [-0.39, 0.29) is 0 Å². The summed E-state index contributed by atoms with van der Waals surface area (Å²) in [6, 6.07) is 8.54. The number of aryl methyl sites for hydroxylation is 4. The quantitative estimate of drug-likeness (QED) is 0.722. The third-order valence-electron chi connectivity index (χ3n) is 3.02. The predicted octanol–water partition coefficient (Wildman–Crippen LogP) is 3.61. The lowest BCUT2D eigenvalue weighted by atomic mass is 10.5. The molecule has 2 heteroatoms. The van der Waals surface area contributed by atoms with E-state index >= 15 is 0 Å². The van der Waals surface area contributed by atoms with Crippen molar-refractivity contribution in [1.82, 2.24) is 9.13 Å². The van der Waals surface area contributed by atoms with Crippen LogP contribution in [0.2, 0.25) is 0 Å². The Labute approximate surface area is 96.8 Å². The molecule has 0 bridgehead atoms. The third-order valence-corrected chi connectivity index (χ3v) is 3.02. The van der Waals surface area contributed by atoms with Crippen LogP contribution in [0, 0.1) is 27.7 Å². The second-order valence-electron chi connectivity index (χ2n) is 4.27. The molecule has 2 nitrogen and oxygen atoms in total. The smallest absolute Gasteiger partial charge is 0.0254 e. The average molecular weight is 214 g/mol. The zero-order chi connectivity index (χ0) is 11.7. The van der Waals surface area contributed by atoms with Crippen molar-refractivity contribution >= 4 is 12.4 Å². The van der Waals surface area contributed by atoms with Crippen molar-refractivity contribution in [2.75, 3.05) is 0 Å². The van der Waals surface area contributed by atoms with Gasteiger partial charge < -0.3 is 9.13 Å². The second kappa shape index (κ2) is 4.05. The maximum absolute atomic E-state index is 2.19. The first kappa shape index (κ1) is 10.8. The van der Waals surface area contributed by atoms with E-state index in [0.717, 1.165) is 0 Å². The first-order chi connectivity index (χ1) is 7.59. The van der Waals surface area contributed by atoms with Crippen molar-refractivity contribution in [3.63, 3.8) is 0 Å². The number of nitrogens with zero attached hydrogens (tertiary/aromatic N) is 2. The maximum Gasteiger partial charge on any atom is 0.0254 e. The van der Waals surface area contributed by atoms with Gasteiger partial charge in [0.15, 0.2) is 0 Å². The lowest BCUT2D eigenvalue weighted by Crippen LogP contribution is -1.95. The van der Waals surface area contributed by atoms with Gasteiger partial charge in [-0.2, -0.15) is 0 Å². The van der Waals surface area contributed by atoms with Gasteiger partial charge in [0.05, 0.1) is 0 Å². The number of hydrogen-bond donors (Lipinski definition) is 0. The van der Waals surface area contributed by atoms with Gasteiger partial charge in [-0.15, -0.1) is 0 Å². The Morgan fingerprint density at radius 3 is 1.12 bits per heavy atom. The van der Waals surface area contributed by atoms with E-state index in [2.05, 4.69) is 73.5 Å². The molecule has 2 aromatic heterocycles. The molecule has 0 fully saturated rings. The SMILES string of the molecule is Cc1ccc(C)n1/C=C\n1c(C)ccc1C. The van der Waals surface area contributed by atoms with Crippen molar-refractivity contribution in [3.05, 3.63) is 47.0 Å². The van der Waals surface area contributed by atoms with E-state index in [1.807, 2.05) is 0 Å². The molecule has 0 aliphatic heterocycles. The molecule has 0 spiro atoms. The van der Waals surface area contributed by atoms with E-state index in [4.69, 9.17) is 0 Å². The van der Waals surface area contributed by atoms with E-state index in [0.29, 0.717) is 0 Å². The minimum absolute atomic E-state index is 1.26. The zero-order valence-corrected chi connectivity index (χ0v) is 10.4. The van der Waals surface area contributed by atoms with Crippen LogP contribution in [0.15, 0.2) is 24.3 Å². The highest BCUT2D eigenvalue weighted by atomic mass is 15.0. The van der Waals surface area contributed by atoms with Gasteiger partial charge in [-0.25, -0.2) is 0 Å². The van der Waals surface area contributed by atoms with Crippen molar-refractivity contribution in [2.24, 2.45) is 0 Å². The molecule has 0 saturated heterocycles. The molecule has 0 saturated carbocycles. The Balaban J connectivity index is 2.35. The summed E-state index contributed by atoms with van der Waals surface area (Å²) in [6.45, 7) is 8.47. The van der Waals surface area contributed by atoms with Crippen LogP contribution >= 0.6 is 0 Å². The number of aromatic nitrogens is 2. The summed E-state index contributed by atoms with van der Waals surface area (Å²) >= 11 is 0. The molecule has 0 radical (unpaired) electrons. The molecule has 2 heterocycles. The van der Waals surface area contributed by atoms with E-state index in [1.54, 1.807) is 0 Å². The van der Waals surface area contributed by atoms with Crippen LogP contribution < -0.4 is 0 Å². The van der Waals surface area contributed by atoms with E-state index in [1.165, 1.54) is 22.8 Å². The zero-order valence-electron chi connectivity index (χ0n) is 10.4. The Kier molecular flexibility index (Phi) is 2.73. The summed E-state index contributed by atoms with van der Waals surface area (Å²) in [5.41, 5.74) is 5.04. The van der Waals surface area contributed by atoms with Crippen LogP contribution in [0.25, 0.3) is 12.4 Å². The Bertz CT molecular complexity index is 440. The molecule has 2 aromatic rings. The second-order valence-corrected chi connectivity index (χ2v) is 4.27. The van der Waals surface area contributed by atoms with Gasteiger partial charge in [0.25, 0.3) is 0 Å². The van der Waals surface area contributed by atoms with Gasteiger partial charge in [0.2, 0.25) is 0 Å². The standard InChI is InChI=1S/C14H18N2/c1-11-5-6-12(2)15(11)9-10-16-13(3)7-8-14(16)4/h5-10H,1-4H3/b10-9-. The average Bonchev–Trinajstić information content (AvgIpc) is 2.72. The van der Waals surface area contributed by atoms with Crippen LogP contribution in [-0.2, 0) is 0 Å². The fraction of sp³-hybridized carbons (Fsp3) is 0.286. The highest BCUT2D eigenvalue weighted by molar-refractivity contribution is 5.49. The molecule has 2 rings (SSSR count). The number of hydrogen-bond acceptors (Lipinski definition) is 0. The summed E-state index contributed by atoms with van der Waals surface area (Å²) in [5, 5.41) is 0. The van der Waals surface area contributed by atoms with Crippen LogP contribution in [0.1, 0.15) is 22.8 Å². The normalized spacial score (nSPS) is 11.5. The molecule has 16 heavy (non-hydrogen) atoms. The predicted molar refractivity (Wildman–Crippen MR) is 69.3 cm³/mol. The minimum Gasteiger partial charge on any atom is -0.324 e. The Morgan fingerprint density at radius 2 is 0.875 bits per heavy atom. The first-order valence-corrected chi connectivity index (χ1v) is 5.57. The lowest BCUT2D eigenvalue weighted by Gasteiger charge is -2.05. The molecule has 0 amide bonds. The van der Waals surface area contributed by atoms with Crippen LogP contribution in [0.4, 0.5) is 0 Å². The van der Waals surface area contributed by atoms with Crippen LogP contribution in [0.5, 0.6) is 0 Å². The fourth-order valence-corrected chi connectivity index (χ4v) is 1.96.